The third-order valence-corrected chi connectivity index (χ3v) is 5.87. The normalized spacial score (nSPS) is 11.0. The minimum Gasteiger partial charge on any atom is -0.320 e. The number of amides is 1. The highest BCUT2D eigenvalue weighted by Gasteiger charge is 2.11. The van der Waals surface area contributed by atoms with Crippen molar-refractivity contribution in [2.24, 2.45) is 0 Å². The van der Waals surface area contributed by atoms with Crippen LogP contribution in [0.1, 0.15) is 27.3 Å². The highest BCUT2D eigenvalue weighted by atomic mass is 79.9. The Morgan fingerprint density at radius 3 is 2.54 bits per heavy atom. The Kier molecular flexibility index (Phi) is 4.96. The lowest BCUT2D eigenvalue weighted by Gasteiger charge is -2.09. The van der Waals surface area contributed by atoms with Crippen LogP contribution in [-0.4, -0.2) is 20.7 Å². The number of nitrogens with zero attached hydrogens (tertiary/aromatic N) is 3. The standard InChI is InChI=1S/C22H19BrN4O/c1-14-20(23)15(2)27(26-14)13-16-8-10-18(11-9-16)22(28)25-19-7-3-5-17-6-4-12-24-21(17)19/h3-12H,13H2,1-2H3,(H,25,28). The minimum absolute atomic E-state index is 0.154. The lowest BCUT2D eigenvalue weighted by atomic mass is 10.1. The molecule has 0 atom stereocenters. The van der Waals surface area contributed by atoms with Gasteiger partial charge >= 0.3 is 0 Å². The van der Waals surface area contributed by atoms with Crippen LogP contribution in [0.15, 0.2) is 65.3 Å². The van der Waals surface area contributed by atoms with Gasteiger partial charge in [0.1, 0.15) is 0 Å². The number of pyridine rings is 1. The van der Waals surface area contributed by atoms with Gasteiger partial charge < -0.3 is 5.32 Å². The first kappa shape index (κ1) is 18.4. The summed E-state index contributed by atoms with van der Waals surface area (Å²) in [5, 5.41) is 8.49. The van der Waals surface area contributed by atoms with E-state index in [0.717, 1.165) is 32.3 Å². The van der Waals surface area contributed by atoms with Crippen molar-refractivity contribution in [3.05, 3.63) is 87.8 Å². The van der Waals surface area contributed by atoms with E-state index >= 15 is 0 Å². The number of fused-ring (bicyclic) bond motifs is 1. The minimum atomic E-state index is -0.154. The van der Waals surface area contributed by atoms with Gasteiger partial charge in [-0.2, -0.15) is 5.10 Å². The Hall–Kier alpha value is -2.99. The smallest absolute Gasteiger partial charge is 0.255 e. The largest absolute Gasteiger partial charge is 0.320 e. The summed E-state index contributed by atoms with van der Waals surface area (Å²) >= 11 is 3.55. The molecule has 4 rings (SSSR count). The third-order valence-electron chi connectivity index (χ3n) is 4.72. The van der Waals surface area contributed by atoms with Crippen molar-refractivity contribution in [2.45, 2.75) is 20.4 Å². The van der Waals surface area contributed by atoms with Crippen molar-refractivity contribution < 1.29 is 4.79 Å². The van der Waals surface area contributed by atoms with Gasteiger partial charge in [0.05, 0.1) is 33.6 Å². The molecule has 1 N–H and O–H groups in total. The van der Waals surface area contributed by atoms with E-state index in [1.807, 2.05) is 73.1 Å². The molecular weight excluding hydrogens is 416 g/mol. The Bertz CT molecular complexity index is 1160. The Morgan fingerprint density at radius 2 is 1.82 bits per heavy atom. The molecule has 0 saturated heterocycles. The molecule has 140 valence electrons. The highest BCUT2D eigenvalue weighted by molar-refractivity contribution is 9.10. The second kappa shape index (κ2) is 7.56. The molecule has 0 unspecified atom stereocenters. The van der Waals surface area contributed by atoms with Crippen molar-refractivity contribution in [1.82, 2.24) is 14.8 Å². The molecule has 0 aliphatic heterocycles. The molecule has 2 aromatic carbocycles. The molecule has 0 bridgehead atoms. The molecular formula is C22H19BrN4O. The first-order valence-electron chi connectivity index (χ1n) is 8.96. The van der Waals surface area contributed by atoms with Gasteiger partial charge in [-0.15, -0.1) is 0 Å². The zero-order valence-electron chi connectivity index (χ0n) is 15.6. The van der Waals surface area contributed by atoms with E-state index in [0.29, 0.717) is 17.8 Å². The summed E-state index contributed by atoms with van der Waals surface area (Å²) < 4.78 is 2.99. The van der Waals surface area contributed by atoms with E-state index in [1.165, 1.54) is 0 Å². The lowest BCUT2D eigenvalue weighted by molar-refractivity contribution is 0.102. The number of anilines is 1. The van der Waals surface area contributed by atoms with Gasteiger partial charge in [-0.05, 0) is 59.6 Å². The summed E-state index contributed by atoms with van der Waals surface area (Å²) in [4.78, 5) is 17.0. The van der Waals surface area contributed by atoms with Crippen LogP contribution < -0.4 is 5.32 Å². The van der Waals surface area contributed by atoms with Gasteiger partial charge in [0.15, 0.2) is 0 Å². The number of halogens is 1. The fourth-order valence-electron chi connectivity index (χ4n) is 3.16. The predicted molar refractivity (Wildman–Crippen MR) is 115 cm³/mol. The van der Waals surface area contributed by atoms with Crippen LogP contribution in [0.3, 0.4) is 0 Å². The van der Waals surface area contributed by atoms with Gasteiger partial charge in [-0.1, -0.05) is 30.3 Å². The maximum absolute atomic E-state index is 12.7. The van der Waals surface area contributed by atoms with Gasteiger partial charge in [0, 0.05) is 17.1 Å². The Balaban J connectivity index is 1.52. The summed E-state index contributed by atoms with van der Waals surface area (Å²) in [5.41, 5.74) is 5.23. The zero-order valence-corrected chi connectivity index (χ0v) is 17.2. The fraction of sp³-hybridized carbons (Fsp3) is 0.136. The fourth-order valence-corrected chi connectivity index (χ4v) is 3.45. The van der Waals surface area contributed by atoms with E-state index in [1.54, 1.807) is 6.20 Å². The number of rotatable bonds is 4. The number of benzene rings is 2. The van der Waals surface area contributed by atoms with Gasteiger partial charge in [0.25, 0.3) is 5.91 Å². The average molecular weight is 435 g/mol. The summed E-state index contributed by atoms with van der Waals surface area (Å²) in [6, 6.07) is 17.2. The first-order valence-corrected chi connectivity index (χ1v) is 9.76. The number of hydrogen-bond donors (Lipinski definition) is 1. The monoisotopic (exact) mass is 434 g/mol. The quantitative estimate of drug-likeness (QED) is 0.485. The van der Waals surface area contributed by atoms with Crippen molar-refractivity contribution in [3.8, 4) is 0 Å². The molecule has 28 heavy (non-hydrogen) atoms. The van der Waals surface area contributed by atoms with E-state index in [-0.39, 0.29) is 5.91 Å². The van der Waals surface area contributed by atoms with Crippen LogP contribution in [0, 0.1) is 13.8 Å². The molecule has 0 saturated carbocycles. The number of hydrogen-bond acceptors (Lipinski definition) is 3. The molecule has 6 heteroatoms. The van der Waals surface area contributed by atoms with Crippen molar-refractivity contribution in [3.63, 3.8) is 0 Å². The van der Waals surface area contributed by atoms with Crippen molar-refractivity contribution in [1.29, 1.82) is 0 Å². The SMILES string of the molecule is Cc1nn(Cc2ccc(C(=O)Nc3cccc4cccnc34)cc2)c(C)c1Br. The van der Waals surface area contributed by atoms with Crippen molar-refractivity contribution >= 4 is 38.4 Å². The highest BCUT2D eigenvalue weighted by Crippen LogP contribution is 2.22. The van der Waals surface area contributed by atoms with Crippen LogP contribution in [-0.2, 0) is 6.54 Å². The van der Waals surface area contributed by atoms with E-state index < -0.39 is 0 Å². The zero-order chi connectivity index (χ0) is 19.7. The van der Waals surface area contributed by atoms with Gasteiger partial charge in [0.2, 0.25) is 0 Å². The molecule has 5 nitrogen and oxygen atoms in total. The summed E-state index contributed by atoms with van der Waals surface area (Å²) in [5.74, 6) is -0.154. The first-order chi connectivity index (χ1) is 13.5. The van der Waals surface area contributed by atoms with Crippen LogP contribution in [0.4, 0.5) is 5.69 Å². The molecule has 4 aromatic rings. The maximum Gasteiger partial charge on any atom is 0.255 e. The number of carbonyl (C=O) groups is 1. The predicted octanol–water partition coefficient (Wildman–Crippen LogP) is 5.11. The summed E-state index contributed by atoms with van der Waals surface area (Å²) in [6.07, 6.45) is 1.73. The second-order valence-corrected chi connectivity index (χ2v) is 7.47. The van der Waals surface area contributed by atoms with Gasteiger partial charge in [-0.25, -0.2) is 0 Å². The maximum atomic E-state index is 12.7. The van der Waals surface area contributed by atoms with Crippen molar-refractivity contribution in [2.75, 3.05) is 5.32 Å². The molecule has 2 aromatic heterocycles. The van der Waals surface area contributed by atoms with Crippen LogP contribution in [0.25, 0.3) is 10.9 Å². The number of carbonyl (C=O) groups excluding carboxylic acids is 1. The summed E-state index contributed by atoms with van der Waals surface area (Å²) in [7, 11) is 0. The Labute approximate surface area is 171 Å². The molecule has 0 spiro atoms. The van der Waals surface area contributed by atoms with E-state index in [9.17, 15) is 4.79 Å². The molecule has 1 amide bonds. The number of aromatic nitrogens is 3. The van der Waals surface area contributed by atoms with Gasteiger partial charge in [-0.3, -0.25) is 14.5 Å². The van der Waals surface area contributed by atoms with E-state index in [2.05, 4.69) is 31.3 Å². The van der Waals surface area contributed by atoms with Crippen LogP contribution in [0.5, 0.6) is 0 Å². The van der Waals surface area contributed by atoms with Crippen LogP contribution in [0.2, 0.25) is 0 Å². The lowest BCUT2D eigenvalue weighted by Crippen LogP contribution is -2.12. The van der Waals surface area contributed by atoms with Crippen LogP contribution >= 0.6 is 15.9 Å². The molecule has 2 heterocycles. The Morgan fingerprint density at radius 1 is 1.07 bits per heavy atom. The number of aryl methyl sites for hydroxylation is 1. The topological polar surface area (TPSA) is 59.8 Å². The average Bonchev–Trinajstić information content (AvgIpc) is 2.95. The number of para-hydroxylation sites is 1. The molecule has 0 aliphatic rings. The molecule has 0 aliphatic carbocycles. The number of nitrogens with one attached hydrogen (secondary N) is 1. The second-order valence-electron chi connectivity index (χ2n) is 6.67. The van der Waals surface area contributed by atoms with E-state index in [4.69, 9.17) is 0 Å². The third kappa shape index (κ3) is 3.55. The summed E-state index contributed by atoms with van der Waals surface area (Å²) in [6.45, 7) is 4.67. The molecule has 0 fully saturated rings. The molecule has 0 radical (unpaired) electrons.